The molecule has 2 aromatic rings. The Balaban J connectivity index is 0.00000420. The maximum atomic E-state index is 12.1. The van der Waals surface area contributed by atoms with Gasteiger partial charge in [0.1, 0.15) is 0 Å². The molecule has 158 valence electrons. The Labute approximate surface area is 195 Å². The van der Waals surface area contributed by atoms with Gasteiger partial charge in [-0.2, -0.15) is 0 Å². The lowest BCUT2D eigenvalue weighted by molar-refractivity contribution is 0.0827. The summed E-state index contributed by atoms with van der Waals surface area (Å²) in [5.41, 5.74) is 1.83. The van der Waals surface area contributed by atoms with E-state index in [4.69, 9.17) is 0 Å². The van der Waals surface area contributed by atoms with E-state index in [1.165, 1.54) is 4.90 Å². The first-order valence-corrected chi connectivity index (χ1v) is 10.6. The summed E-state index contributed by atoms with van der Waals surface area (Å²) < 4.78 is 0. The number of hydrogen-bond acceptors (Lipinski definition) is 3. The van der Waals surface area contributed by atoms with Crippen LogP contribution in [0.1, 0.15) is 22.8 Å². The summed E-state index contributed by atoms with van der Waals surface area (Å²) in [4.78, 5) is 19.6. The second-order valence-electron chi connectivity index (χ2n) is 6.50. The Kier molecular flexibility index (Phi) is 12.5. The van der Waals surface area contributed by atoms with Crippen molar-refractivity contribution in [2.24, 2.45) is 4.99 Å². The monoisotopic (exact) mass is 526 g/mol. The number of rotatable bonds is 9. The number of halogens is 1. The van der Waals surface area contributed by atoms with Crippen LogP contribution in [0, 0.1) is 0 Å². The molecule has 0 heterocycles. The van der Waals surface area contributed by atoms with E-state index in [0.717, 1.165) is 42.3 Å². The van der Waals surface area contributed by atoms with Gasteiger partial charge in [0.05, 0.1) is 0 Å². The third kappa shape index (κ3) is 9.54. The molecule has 0 radical (unpaired) electrons. The van der Waals surface area contributed by atoms with Gasteiger partial charge in [0.2, 0.25) is 0 Å². The second-order valence-corrected chi connectivity index (χ2v) is 7.67. The average molecular weight is 526 g/mol. The van der Waals surface area contributed by atoms with Crippen LogP contribution < -0.4 is 10.6 Å². The number of nitrogens with one attached hydrogen (secondary N) is 2. The van der Waals surface area contributed by atoms with Gasteiger partial charge in [0.15, 0.2) is 5.96 Å². The van der Waals surface area contributed by atoms with Crippen molar-refractivity contribution < 1.29 is 4.79 Å². The van der Waals surface area contributed by atoms with Crippen LogP contribution in [-0.2, 0) is 6.42 Å². The topological polar surface area (TPSA) is 56.7 Å². The van der Waals surface area contributed by atoms with Gasteiger partial charge in [-0.15, -0.1) is 35.7 Å². The number of benzene rings is 2. The van der Waals surface area contributed by atoms with Gasteiger partial charge in [-0.1, -0.05) is 30.3 Å². The van der Waals surface area contributed by atoms with Gasteiger partial charge in [0.25, 0.3) is 5.91 Å². The van der Waals surface area contributed by atoms with Gasteiger partial charge in [-0.3, -0.25) is 9.79 Å². The Hall–Kier alpha value is -1.74. The molecule has 0 aliphatic carbocycles. The molecule has 0 fully saturated rings. The Morgan fingerprint density at radius 3 is 2.52 bits per heavy atom. The van der Waals surface area contributed by atoms with Crippen LogP contribution in [0.3, 0.4) is 0 Å². The van der Waals surface area contributed by atoms with E-state index in [9.17, 15) is 4.79 Å². The highest BCUT2D eigenvalue weighted by Crippen LogP contribution is 2.15. The van der Waals surface area contributed by atoms with E-state index >= 15 is 0 Å². The lowest BCUT2D eigenvalue weighted by atomic mass is 10.1. The van der Waals surface area contributed by atoms with Crippen molar-refractivity contribution in [2.75, 3.05) is 39.5 Å². The molecule has 29 heavy (non-hydrogen) atoms. The lowest BCUT2D eigenvalue weighted by Gasteiger charge is -2.12. The number of carbonyl (C=O) groups is 1. The molecule has 1 amide bonds. The predicted octanol–water partition coefficient (Wildman–Crippen LogP) is 3.90. The predicted molar refractivity (Wildman–Crippen MR) is 135 cm³/mol. The summed E-state index contributed by atoms with van der Waals surface area (Å²) in [6.45, 7) is 4.40. The van der Waals surface area contributed by atoms with Gasteiger partial charge in [-0.25, -0.2) is 0 Å². The zero-order valence-corrected chi connectivity index (χ0v) is 20.5. The molecule has 7 heteroatoms. The Morgan fingerprint density at radius 1 is 1.07 bits per heavy atom. The fourth-order valence-corrected chi connectivity index (χ4v) is 3.40. The number of thioether (sulfide) groups is 1. The van der Waals surface area contributed by atoms with Gasteiger partial charge < -0.3 is 15.5 Å². The summed E-state index contributed by atoms with van der Waals surface area (Å²) in [5, 5.41) is 6.66. The standard InChI is InChI=1S/C22H30N4OS.HI/c1-4-23-22(25-15-16-28-20-11-6-5-7-12-20)24-14-13-18-9-8-10-19(17-18)21(27)26(2)3;/h5-12,17H,4,13-16H2,1-3H3,(H2,23,24,25);1H. The highest BCUT2D eigenvalue weighted by Gasteiger charge is 2.08. The van der Waals surface area contributed by atoms with Crippen molar-refractivity contribution in [3.8, 4) is 0 Å². The zero-order valence-electron chi connectivity index (χ0n) is 17.4. The van der Waals surface area contributed by atoms with E-state index in [0.29, 0.717) is 6.54 Å². The Morgan fingerprint density at radius 2 is 1.83 bits per heavy atom. The first-order chi connectivity index (χ1) is 13.6. The van der Waals surface area contributed by atoms with Crippen molar-refractivity contribution in [3.05, 3.63) is 65.7 Å². The molecule has 0 bridgehead atoms. The zero-order chi connectivity index (χ0) is 20.2. The molecule has 0 aliphatic heterocycles. The number of amides is 1. The quantitative estimate of drug-likeness (QED) is 0.171. The maximum Gasteiger partial charge on any atom is 0.253 e. The number of aliphatic imine (C=N–C) groups is 1. The fourth-order valence-electron chi connectivity index (χ4n) is 2.61. The summed E-state index contributed by atoms with van der Waals surface area (Å²) in [5.74, 6) is 1.83. The minimum Gasteiger partial charge on any atom is -0.357 e. The molecule has 0 saturated carbocycles. The van der Waals surface area contributed by atoms with Crippen LogP contribution in [-0.4, -0.2) is 56.2 Å². The van der Waals surface area contributed by atoms with Gasteiger partial charge in [-0.05, 0) is 43.2 Å². The lowest BCUT2D eigenvalue weighted by Crippen LogP contribution is -2.38. The molecular weight excluding hydrogens is 495 g/mol. The van der Waals surface area contributed by atoms with Crippen LogP contribution in [0.2, 0.25) is 0 Å². The molecule has 0 spiro atoms. The first-order valence-electron chi connectivity index (χ1n) is 9.60. The van der Waals surface area contributed by atoms with E-state index < -0.39 is 0 Å². The molecule has 0 saturated heterocycles. The molecule has 0 aliphatic rings. The smallest absolute Gasteiger partial charge is 0.253 e. The minimum atomic E-state index is 0. The molecule has 2 N–H and O–H groups in total. The summed E-state index contributed by atoms with van der Waals surface area (Å²) in [6, 6.07) is 18.2. The van der Waals surface area contributed by atoms with E-state index in [-0.39, 0.29) is 29.9 Å². The highest BCUT2D eigenvalue weighted by molar-refractivity contribution is 14.0. The minimum absolute atomic E-state index is 0. The van der Waals surface area contributed by atoms with Crippen molar-refractivity contribution in [1.29, 1.82) is 0 Å². The third-order valence-corrected chi connectivity index (χ3v) is 5.01. The number of guanidine groups is 1. The van der Waals surface area contributed by atoms with E-state index in [2.05, 4.69) is 46.8 Å². The van der Waals surface area contributed by atoms with E-state index in [1.807, 2.05) is 42.1 Å². The van der Waals surface area contributed by atoms with Gasteiger partial charge >= 0.3 is 0 Å². The summed E-state index contributed by atoms with van der Waals surface area (Å²) in [6.07, 6.45) is 0.796. The fraction of sp³-hybridized carbons (Fsp3) is 0.364. The normalized spacial score (nSPS) is 10.8. The van der Waals surface area contributed by atoms with Crippen LogP contribution >= 0.6 is 35.7 Å². The molecule has 0 unspecified atom stereocenters. The van der Waals surface area contributed by atoms with Crippen LogP contribution in [0.15, 0.2) is 64.5 Å². The van der Waals surface area contributed by atoms with Crippen LogP contribution in [0.5, 0.6) is 0 Å². The van der Waals surface area contributed by atoms with E-state index in [1.54, 1.807) is 19.0 Å². The van der Waals surface area contributed by atoms with Crippen molar-refractivity contribution in [3.63, 3.8) is 0 Å². The van der Waals surface area contributed by atoms with Crippen molar-refractivity contribution >= 4 is 47.6 Å². The average Bonchev–Trinajstić information content (AvgIpc) is 2.71. The van der Waals surface area contributed by atoms with Gasteiger partial charge in [0, 0.05) is 49.9 Å². The molecule has 2 aromatic carbocycles. The molecule has 0 aromatic heterocycles. The first kappa shape index (κ1) is 25.3. The highest BCUT2D eigenvalue weighted by atomic mass is 127. The molecule has 5 nitrogen and oxygen atoms in total. The van der Waals surface area contributed by atoms with Crippen LogP contribution in [0.4, 0.5) is 0 Å². The SMILES string of the molecule is CCNC(=NCCc1cccc(C(=O)N(C)C)c1)NCCSc1ccccc1.I. The Bertz CT molecular complexity index is 768. The number of carbonyl (C=O) groups excluding carboxylic acids is 1. The second kappa shape index (κ2) is 14.3. The largest absolute Gasteiger partial charge is 0.357 e. The third-order valence-electron chi connectivity index (χ3n) is 4.00. The maximum absolute atomic E-state index is 12.1. The number of nitrogens with zero attached hydrogens (tertiary/aromatic N) is 2. The molecular formula is C22H31IN4OS. The van der Waals surface area contributed by atoms with Crippen molar-refractivity contribution in [1.82, 2.24) is 15.5 Å². The van der Waals surface area contributed by atoms with Crippen molar-refractivity contribution in [2.45, 2.75) is 18.2 Å². The van der Waals surface area contributed by atoms with Crippen LogP contribution in [0.25, 0.3) is 0 Å². The summed E-state index contributed by atoms with van der Waals surface area (Å²) >= 11 is 1.83. The molecule has 2 rings (SSSR count). The molecule has 0 atom stereocenters. The summed E-state index contributed by atoms with van der Waals surface area (Å²) in [7, 11) is 3.54. The number of hydrogen-bond donors (Lipinski definition) is 2.